The van der Waals surface area contributed by atoms with Gasteiger partial charge in [-0.25, -0.2) is 0 Å². The minimum absolute atomic E-state index is 0.0535. The second-order valence-electron chi connectivity index (χ2n) is 7.46. The average molecular weight is 266 g/mol. The Labute approximate surface area is 118 Å². The lowest BCUT2D eigenvalue weighted by molar-refractivity contribution is -0.130. The van der Waals surface area contributed by atoms with Crippen molar-refractivity contribution in [2.45, 2.75) is 66.1 Å². The number of rotatable bonds is 6. The van der Waals surface area contributed by atoms with Crippen LogP contribution >= 0.6 is 0 Å². The van der Waals surface area contributed by atoms with Crippen LogP contribution in [0.15, 0.2) is 0 Å². The van der Waals surface area contributed by atoms with Crippen molar-refractivity contribution in [3.8, 4) is 0 Å². The monoisotopic (exact) mass is 266 g/mol. The topological polar surface area (TPSA) is 32.3 Å². The fourth-order valence-electron chi connectivity index (χ4n) is 3.15. The van der Waals surface area contributed by atoms with Crippen LogP contribution in [-0.4, -0.2) is 29.6 Å². The molecule has 0 radical (unpaired) electrons. The molecule has 0 aromatic heterocycles. The van der Waals surface area contributed by atoms with E-state index >= 15 is 0 Å². The Morgan fingerprint density at radius 1 is 1.21 bits per heavy atom. The van der Waals surface area contributed by atoms with Gasteiger partial charge >= 0.3 is 0 Å². The highest BCUT2D eigenvalue weighted by Gasteiger charge is 2.43. The molecule has 3 heteroatoms. The number of carbonyl (C=O) groups is 1. The van der Waals surface area contributed by atoms with Crippen molar-refractivity contribution in [1.82, 2.24) is 10.2 Å². The van der Waals surface area contributed by atoms with Gasteiger partial charge in [-0.2, -0.15) is 0 Å². The van der Waals surface area contributed by atoms with Crippen LogP contribution in [0.25, 0.3) is 0 Å². The maximum atomic E-state index is 12.6. The van der Waals surface area contributed by atoms with Crippen LogP contribution in [0.2, 0.25) is 0 Å². The molecule has 1 saturated carbocycles. The van der Waals surface area contributed by atoms with Gasteiger partial charge in [-0.05, 0) is 42.9 Å². The van der Waals surface area contributed by atoms with Crippen molar-refractivity contribution in [3.63, 3.8) is 0 Å². The smallest absolute Gasteiger partial charge is 0.241 e. The van der Waals surface area contributed by atoms with Gasteiger partial charge in [-0.15, -0.1) is 0 Å². The van der Waals surface area contributed by atoms with E-state index in [1.54, 1.807) is 0 Å². The number of nitrogens with zero attached hydrogens (tertiary/aromatic N) is 1. The zero-order valence-electron chi connectivity index (χ0n) is 13.1. The van der Waals surface area contributed by atoms with Crippen molar-refractivity contribution < 1.29 is 4.79 Å². The zero-order valence-corrected chi connectivity index (χ0v) is 13.1. The highest BCUT2D eigenvalue weighted by Crippen LogP contribution is 2.39. The van der Waals surface area contributed by atoms with Crippen LogP contribution in [0.3, 0.4) is 0 Å². The molecule has 1 aliphatic heterocycles. The molecule has 0 bridgehead atoms. The third kappa shape index (κ3) is 3.71. The van der Waals surface area contributed by atoms with Gasteiger partial charge in [0.15, 0.2) is 0 Å². The summed E-state index contributed by atoms with van der Waals surface area (Å²) in [6.45, 7) is 12.1. The third-order valence-electron chi connectivity index (χ3n) is 4.46. The molecule has 4 unspecified atom stereocenters. The molecular weight excluding hydrogens is 236 g/mol. The van der Waals surface area contributed by atoms with E-state index in [0.29, 0.717) is 17.7 Å². The molecule has 2 fully saturated rings. The molecule has 2 rings (SSSR count). The summed E-state index contributed by atoms with van der Waals surface area (Å²) in [5, 5.41) is 3.58. The van der Waals surface area contributed by atoms with Crippen molar-refractivity contribution in [3.05, 3.63) is 0 Å². The molecule has 3 nitrogen and oxygen atoms in total. The van der Waals surface area contributed by atoms with E-state index < -0.39 is 0 Å². The summed E-state index contributed by atoms with van der Waals surface area (Å²) in [6.07, 6.45) is 3.60. The quantitative estimate of drug-likeness (QED) is 0.802. The number of carbonyl (C=O) groups excluding carboxylic acids is 1. The first-order chi connectivity index (χ1) is 8.88. The first kappa shape index (κ1) is 14.8. The van der Waals surface area contributed by atoms with Gasteiger partial charge in [0, 0.05) is 6.54 Å². The Kier molecular flexibility index (Phi) is 4.54. The third-order valence-corrected chi connectivity index (χ3v) is 4.46. The van der Waals surface area contributed by atoms with Gasteiger partial charge in [0.1, 0.15) is 0 Å². The van der Waals surface area contributed by atoms with E-state index in [4.69, 9.17) is 0 Å². The fourth-order valence-corrected chi connectivity index (χ4v) is 3.15. The van der Waals surface area contributed by atoms with Crippen molar-refractivity contribution in [2.75, 3.05) is 6.54 Å². The molecule has 0 aromatic rings. The fraction of sp³-hybridized carbons (Fsp3) is 0.938. The largest absolute Gasteiger partial charge is 0.325 e. The van der Waals surface area contributed by atoms with Crippen molar-refractivity contribution >= 4 is 5.91 Å². The summed E-state index contributed by atoms with van der Waals surface area (Å²) >= 11 is 0. The molecule has 1 heterocycles. The maximum absolute atomic E-state index is 12.6. The number of hydrogen-bond acceptors (Lipinski definition) is 2. The van der Waals surface area contributed by atoms with Gasteiger partial charge in [0.25, 0.3) is 0 Å². The van der Waals surface area contributed by atoms with Crippen LogP contribution in [-0.2, 0) is 4.79 Å². The second-order valence-corrected chi connectivity index (χ2v) is 7.46. The SMILES string of the molecule is CC(C)CC1NC(CC(C)C)N(CC2CC2C)C1=O. The molecule has 19 heavy (non-hydrogen) atoms. The highest BCUT2D eigenvalue weighted by molar-refractivity contribution is 5.84. The molecule has 0 aromatic carbocycles. The summed E-state index contributed by atoms with van der Waals surface area (Å²) in [4.78, 5) is 14.7. The summed E-state index contributed by atoms with van der Waals surface area (Å²) in [5.41, 5.74) is 0. The van der Waals surface area contributed by atoms with Gasteiger partial charge < -0.3 is 4.90 Å². The molecule has 0 spiro atoms. The van der Waals surface area contributed by atoms with Crippen LogP contribution in [0.4, 0.5) is 0 Å². The van der Waals surface area contributed by atoms with Crippen LogP contribution in [0.1, 0.15) is 53.9 Å². The first-order valence-electron chi connectivity index (χ1n) is 7.95. The van der Waals surface area contributed by atoms with Gasteiger partial charge in [0.2, 0.25) is 5.91 Å². The molecule has 1 saturated heterocycles. The normalized spacial score (nSPS) is 34.7. The minimum atomic E-state index is 0.0535. The van der Waals surface area contributed by atoms with Crippen molar-refractivity contribution in [1.29, 1.82) is 0 Å². The summed E-state index contributed by atoms with van der Waals surface area (Å²) in [6, 6.07) is 0.0535. The number of nitrogens with one attached hydrogen (secondary N) is 1. The Balaban J connectivity index is 1.99. The molecule has 1 N–H and O–H groups in total. The predicted octanol–water partition coefficient (Wildman–Crippen LogP) is 2.86. The highest BCUT2D eigenvalue weighted by atomic mass is 16.2. The van der Waals surface area contributed by atoms with Gasteiger partial charge in [-0.1, -0.05) is 34.6 Å². The van der Waals surface area contributed by atoms with E-state index in [1.807, 2.05) is 0 Å². The standard InChI is InChI=1S/C16H30N2O/c1-10(2)6-14-16(19)18(9-13-8-12(13)5)15(17-14)7-11(3)4/h10-15,17H,6-9H2,1-5H3. The molecule has 4 atom stereocenters. The Morgan fingerprint density at radius 2 is 1.79 bits per heavy atom. The lowest BCUT2D eigenvalue weighted by atomic mass is 10.0. The molecule has 1 amide bonds. The van der Waals surface area contributed by atoms with E-state index in [2.05, 4.69) is 44.8 Å². The molecule has 1 aliphatic carbocycles. The minimum Gasteiger partial charge on any atom is -0.325 e. The van der Waals surface area contributed by atoms with Crippen LogP contribution in [0, 0.1) is 23.7 Å². The van der Waals surface area contributed by atoms with E-state index in [1.165, 1.54) is 6.42 Å². The second kappa shape index (κ2) is 5.82. The van der Waals surface area contributed by atoms with Crippen molar-refractivity contribution in [2.24, 2.45) is 23.7 Å². The summed E-state index contributed by atoms with van der Waals surface area (Å²) in [5.74, 6) is 3.11. The van der Waals surface area contributed by atoms with Crippen LogP contribution in [0.5, 0.6) is 0 Å². The van der Waals surface area contributed by atoms with Gasteiger partial charge in [0.05, 0.1) is 12.2 Å². The Bertz CT molecular complexity index is 327. The van der Waals surface area contributed by atoms with Gasteiger partial charge in [-0.3, -0.25) is 10.1 Å². The number of hydrogen-bond donors (Lipinski definition) is 1. The average Bonchev–Trinajstić information content (AvgIpc) is 2.90. The van der Waals surface area contributed by atoms with E-state index in [9.17, 15) is 4.79 Å². The van der Waals surface area contributed by atoms with E-state index in [0.717, 1.165) is 31.2 Å². The lowest BCUT2D eigenvalue weighted by Crippen LogP contribution is -2.39. The Hall–Kier alpha value is -0.570. The molecule has 110 valence electrons. The molecular formula is C16H30N2O. The summed E-state index contributed by atoms with van der Waals surface area (Å²) < 4.78 is 0. The Morgan fingerprint density at radius 3 is 2.26 bits per heavy atom. The first-order valence-corrected chi connectivity index (χ1v) is 7.95. The zero-order chi connectivity index (χ0) is 14.2. The van der Waals surface area contributed by atoms with E-state index in [-0.39, 0.29) is 12.2 Å². The number of amides is 1. The lowest BCUT2D eigenvalue weighted by Gasteiger charge is -2.25. The maximum Gasteiger partial charge on any atom is 0.241 e. The van der Waals surface area contributed by atoms with Crippen LogP contribution < -0.4 is 5.32 Å². The molecule has 2 aliphatic rings. The summed E-state index contributed by atoms with van der Waals surface area (Å²) in [7, 11) is 0. The predicted molar refractivity (Wildman–Crippen MR) is 78.6 cm³/mol.